The molecule has 0 unspecified atom stereocenters. The Kier molecular flexibility index (Phi) is 6.64. The van der Waals surface area contributed by atoms with E-state index in [2.05, 4.69) is 43.4 Å². The second-order valence-corrected chi connectivity index (χ2v) is 6.47. The lowest BCUT2D eigenvalue weighted by atomic mass is 10.1. The van der Waals surface area contributed by atoms with Crippen LogP contribution in [0.2, 0.25) is 0 Å². The van der Waals surface area contributed by atoms with Gasteiger partial charge in [-0.2, -0.15) is 15.3 Å². The summed E-state index contributed by atoms with van der Waals surface area (Å²) in [6, 6.07) is 7.37. The number of aromatic nitrogens is 4. The van der Waals surface area contributed by atoms with E-state index in [1.165, 1.54) is 7.11 Å². The molecule has 0 saturated heterocycles. The van der Waals surface area contributed by atoms with E-state index in [0.29, 0.717) is 41.3 Å². The molecule has 0 aliphatic rings. The van der Waals surface area contributed by atoms with Crippen LogP contribution in [-0.2, 0) is 11.3 Å². The van der Waals surface area contributed by atoms with E-state index in [1.807, 2.05) is 6.07 Å². The van der Waals surface area contributed by atoms with Gasteiger partial charge in [0.25, 0.3) is 0 Å². The summed E-state index contributed by atoms with van der Waals surface area (Å²) in [6.07, 6.45) is 2.95. The predicted molar refractivity (Wildman–Crippen MR) is 112 cm³/mol. The number of hydrogen-bond acceptors (Lipinski definition) is 8. The van der Waals surface area contributed by atoms with E-state index in [9.17, 15) is 4.79 Å². The van der Waals surface area contributed by atoms with Crippen molar-refractivity contribution < 1.29 is 14.3 Å². The number of nitrogens with one attached hydrogen (secondary N) is 2. The number of fused-ring (bicyclic) bond motifs is 1. The van der Waals surface area contributed by atoms with Crippen LogP contribution in [0.4, 0.5) is 16.6 Å². The number of hydrogen-bond donors (Lipinski definition) is 2. The van der Waals surface area contributed by atoms with E-state index in [0.717, 1.165) is 18.4 Å². The zero-order valence-electron chi connectivity index (χ0n) is 17.1. The molecule has 0 radical (unpaired) electrons. The number of nitriles is 1. The molecule has 1 aromatic carbocycles. The molecule has 156 valence electrons. The van der Waals surface area contributed by atoms with E-state index in [-0.39, 0.29) is 5.95 Å². The second kappa shape index (κ2) is 9.56. The van der Waals surface area contributed by atoms with Crippen LogP contribution >= 0.6 is 0 Å². The topological polar surface area (TPSA) is 127 Å². The fraction of sp³-hybridized carbons (Fsp3) is 0.350. The molecule has 3 aromatic rings. The third-order valence-corrected chi connectivity index (χ3v) is 4.45. The fourth-order valence-electron chi connectivity index (χ4n) is 2.93. The molecular weight excluding hydrogens is 386 g/mol. The molecule has 30 heavy (non-hydrogen) atoms. The van der Waals surface area contributed by atoms with Gasteiger partial charge in [-0.3, -0.25) is 10.00 Å². The van der Waals surface area contributed by atoms with Crippen LogP contribution in [0.25, 0.3) is 11.0 Å². The molecule has 10 heteroatoms. The minimum atomic E-state index is -0.649. The first-order valence-corrected chi connectivity index (χ1v) is 9.49. The van der Waals surface area contributed by atoms with Crippen LogP contribution in [0.5, 0.6) is 5.75 Å². The quantitative estimate of drug-likeness (QED) is 0.543. The van der Waals surface area contributed by atoms with Crippen molar-refractivity contribution in [2.24, 2.45) is 0 Å². The Morgan fingerprint density at radius 1 is 1.30 bits per heavy atom. The van der Waals surface area contributed by atoms with Gasteiger partial charge in [0, 0.05) is 12.1 Å². The maximum absolute atomic E-state index is 11.6. The fourth-order valence-corrected chi connectivity index (χ4v) is 2.93. The van der Waals surface area contributed by atoms with Gasteiger partial charge in [-0.15, -0.1) is 0 Å². The summed E-state index contributed by atoms with van der Waals surface area (Å²) in [4.78, 5) is 20.4. The van der Waals surface area contributed by atoms with Crippen LogP contribution < -0.4 is 15.4 Å². The third-order valence-electron chi connectivity index (χ3n) is 4.45. The number of anilines is 2. The lowest BCUT2D eigenvalue weighted by molar-refractivity contribution is 0.186. The summed E-state index contributed by atoms with van der Waals surface area (Å²) in [5.74, 6) is 1.29. The zero-order valence-corrected chi connectivity index (χ0v) is 17.1. The van der Waals surface area contributed by atoms with Gasteiger partial charge in [0.05, 0.1) is 38.6 Å². The van der Waals surface area contributed by atoms with Crippen molar-refractivity contribution in [1.29, 1.82) is 5.26 Å². The molecule has 0 aliphatic carbocycles. The monoisotopic (exact) mass is 409 g/mol. The third kappa shape index (κ3) is 4.57. The molecule has 0 aliphatic heterocycles. The highest BCUT2D eigenvalue weighted by molar-refractivity contribution is 5.89. The van der Waals surface area contributed by atoms with Crippen molar-refractivity contribution in [3.63, 3.8) is 0 Å². The minimum Gasteiger partial charge on any atom is -0.496 e. The molecule has 2 N–H and O–H groups in total. The van der Waals surface area contributed by atoms with Gasteiger partial charge in [-0.25, -0.2) is 9.78 Å². The number of nitrogens with zero attached hydrogens (tertiary/aromatic N) is 5. The summed E-state index contributed by atoms with van der Waals surface area (Å²) in [7, 11) is 2.84. The highest BCUT2D eigenvalue weighted by Crippen LogP contribution is 2.26. The standard InChI is InChI=1S/C20H23N7O3/c1-4-5-8-22-18-17-15(24-19(25-18)26-20(28)30-3)11-23-27(17)12-14-7-6-13(10-21)9-16(14)29-2/h6-7,9,11H,4-5,8,12H2,1-3H3,(H2,22,24,25,26,28). The van der Waals surface area contributed by atoms with Crippen LogP contribution in [-0.4, -0.2) is 46.6 Å². The normalized spacial score (nSPS) is 10.5. The lowest BCUT2D eigenvalue weighted by Gasteiger charge is -2.13. The molecular formula is C20H23N7O3. The molecule has 2 aromatic heterocycles. The van der Waals surface area contributed by atoms with E-state index in [1.54, 1.807) is 30.1 Å². The second-order valence-electron chi connectivity index (χ2n) is 6.47. The average molecular weight is 409 g/mol. The molecule has 1 amide bonds. The van der Waals surface area contributed by atoms with E-state index in [4.69, 9.17) is 10.00 Å². The van der Waals surface area contributed by atoms with Gasteiger partial charge in [0.15, 0.2) is 5.82 Å². The Morgan fingerprint density at radius 3 is 2.83 bits per heavy atom. The Balaban J connectivity index is 2.01. The number of carbonyl (C=O) groups is 1. The molecule has 0 bridgehead atoms. The first kappa shape index (κ1) is 20.9. The SMILES string of the molecule is CCCCNc1nc(NC(=O)OC)nc2cnn(Cc3ccc(C#N)cc3OC)c12. The van der Waals surface area contributed by atoms with Gasteiger partial charge in [-0.05, 0) is 18.6 Å². The van der Waals surface area contributed by atoms with Gasteiger partial charge in [0.2, 0.25) is 5.95 Å². The molecule has 3 rings (SSSR count). The summed E-state index contributed by atoms with van der Waals surface area (Å²) < 4.78 is 11.8. The van der Waals surface area contributed by atoms with Gasteiger partial charge in [0.1, 0.15) is 16.8 Å². The average Bonchev–Trinajstić information content (AvgIpc) is 3.16. The van der Waals surface area contributed by atoms with Gasteiger partial charge < -0.3 is 14.8 Å². The van der Waals surface area contributed by atoms with E-state index < -0.39 is 6.09 Å². The van der Waals surface area contributed by atoms with Crippen molar-refractivity contribution in [2.75, 3.05) is 31.4 Å². The first-order chi connectivity index (χ1) is 14.6. The Hall–Kier alpha value is -3.87. The number of rotatable bonds is 8. The summed E-state index contributed by atoms with van der Waals surface area (Å²) >= 11 is 0. The van der Waals surface area contributed by atoms with Crippen LogP contribution in [0, 0.1) is 11.3 Å². The Labute approximate surface area is 173 Å². The number of ether oxygens (including phenoxy) is 2. The summed E-state index contributed by atoms with van der Waals surface area (Å²) in [5.41, 5.74) is 2.65. The number of carbonyl (C=O) groups excluding carboxylic acids is 1. The van der Waals surface area contributed by atoms with Crippen molar-refractivity contribution in [3.8, 4) is 11.8 Å². The Morgan fingerprint density at radius 2 is 2.13 bits per heavy atom. The van der Waals surface area contributed by atoms with E-state index >= 15 is 0 Å². The highest BCUT2D eigenvalue weighted by atomic mass is 16.5. The van der Waals surface area contributed by atoms with Crippen molar-refractivity contribution in [1.82, 2.24) is 19.7 Å². The maximum atomic E-state index is 11.6. The summed E-state index contributed by atoms with van der Waals surface area (Å²) in [5, 5.41) is 19.3. The molecule has 2 heterocycles. The molecule has 0 fully saturated rings. The number of unbranched alkanes of at least 4 members (excludes halogenated alkanes) is 1. The number of methoxy groups -OCH3 is 2. The van der Waals surface area contributed by atoms with Crippen LogP contribution in [0.3, 0.4) is 0 Å². The van der Waals surface area contributed by atoms with Crippen LogP contribution in [0.15, 0.2) is 24.4 Å². The minimum absolute atomic E-state index is 0.129. The largest absolute Gasteiger partial charge is 0.496 e. The van der Waals surface area contributed by atoms with Crippen molar-refractivity contribution >= 4 is 28.9 Å². The van der Waals surface area contributed by atoms with Crippen molar-refractivity contribution in [2.45, 2.75) is 26.3 Å². The Bertz CT molecular complexity index is 1090. The number of amides is 1. The molecule has 0 spiro atoms. The molecule has 0 saturated carbocycles. The molecule has 10 nitrogen and oxygen atoms in total. The smallest absolute Gasteiger partial charge is 0.413 e. The first-order valence-electron chi connectivity index (χ1n) is 9.49. The maximum Gasteiger partial charge on any atom is 0.413 e. The van der Waals surface area contributed by atoms with Crippen molar-refractivity contribution in [3.05, 3.63) is 35.5 Å². The predicted octanol–water partition coefficient (Wildman–Crippen LogP) is 3.15. The van der Waals surface area contributed by atoms with Gasteiger partial charge >= 0.3 is 6.09 Å². The van der Waals surface area contributed by atoms with Crippen LogP contribution in [0.1, 0.15) is 30.9 Å². The highest BCUT2D eigenvalue weighted by Gasteiger charge is 2.16. The zero-order chi connectivity index (χ0) is 21.5. The summed E-state index contributed by atoms with van der Waals surface area (Å²) in [6.45, 7) is 3.21. The number of benzene rings is 1. The molecule has 0 atom stereocenters. The lowest BCUT2D eigenvalue weighted by Crippen LogP contribution is -2.15. The van der Waals surface area contributed by atoms with Gasteiger partial charge in [-0.1, -0.05) is 19.4 Å².